The molecule has 0 saturated heterocycles. The normalized spacial score (nSPS) is 32.8. The Bertz CT molecular complexity index is 592. The first-order valence-electron chi connectivity index (χ1n) is 9.25. The largest absolute Gasteiger partial charge is 0.497 e. The highest BCUT2D eigenvalue weighted by Crippen LogP contribution is 2.57. The Morgan fingerprint density at radius 2 is 2.09 bits per heavy atom. The Morgan fingerprint density at radius 1 is 1.30 bits per heavy atom. The highest BCUT2D eigenvalue weighted by atomic mass is 16.5. The Balaban J connectivity index is 1.97. The summed E-state index contributed by atoms with van der Waals surface area (Å²) in [5, 5.41) is 0. The lowest BCUT2D eigenvalue weighted by molar-refractivity contribution is -0.136. The molecule has 1 saturated carbocycles. The highest BCUT2D eigenvalue weighted by molar-refractivity contribution is 5.83. The number of ketones is 1. The van der Waals surface area contributed by atoms with Crippen LogP contribution in [0, 0.1) is 17.3 Å². The summed E-state index contributed by atoms with van der Waals surface area (Å²) in [5.41, 5.74) is 2.92. The summed E-state index contributed by atoms with van der Waals surface area (Å²) in [4.78, 5) is 12.5. The van der Waals surface area contributed by atoms with Crippen LogP contribution in [0.2, 0.25) is 0 Å². The first kappa shape index (κ1) is 16.5. The lowest BCUT2D eigenvalue weighted by Gasteiger charge is -2.52. The zero-order valence-corrected chi connectivity index (χ0v) is 15.0. The van der Waals surface area contributed by atoms with Crippen molar-refractivity contribution in [2.75, 3.05) is 7.11 Å². The molecule has 0 bridgehead atoms. The summed E-state index contributed by atoms with van der Waals surface area (Å²) in [5.74, 6) is 3.23. The number of carbonyl (C=O) groups is 1. The fraction of sp³-hybridized carbons (Fsp3) is 0.667. The molecule has 1 aromatic rings. The first-order chi connectivity index (χ1) is 11.1. The Labute approximate surface area is 140 Å². The molecule has 0 aromatic heterocycles. The van der Waals surface area contributed by atoms with Crippen molar-refractivity contribution < 1.29 is 9.53 Å². The van der Waals surface area contributed by atoms with Crippen LogP contribution in [0.1, 0.15) is 69.9 Å². The van der Waals surface area contributed by atoms with Crippen LogP contribution in [0.25, 0.3) is 0 Å². The molecule has 2 unspecified atom stereocenters. The molecule has 0 spiro atoms. The van der Waals surface area contributed by atoms with Crippen molar-refractivity contribution in [2.45, 2.75) is 65.2 Å². The molecule has 1 fully saturated rings. The average Bonchev–Trinajstić information content (AvgIpc) is 2.59. The van der Waals surface area contributed by atoms with E-state index in [-0.39, 0.29) is 5.41 Å². The van der Waals surface area contributed by atoms with Gasteiger partial charge in [-0.2, -0.15) is 0 Å². The van der Waals surface area contributed by atoms with Crippen LogP contribution in [0.3, 0.4) is 0 Å². The van der Waals surface area contributed by atoms with Gasteiger partial charge in [-0.15, -0.1) is 0 Å². The number of carbonyl (C=O) groups excluding carboxylic acids is 1. The fourth-order valence-electron chi connectivity index (χ4n) is 5.72. The third kappa shape index (κ3) is 2.51. The zero-order chi connectivity index (χ0) is 16.6. The number of fused-ring (bicyclic) bond motifs is 3. The van der Waals surface area contributed by atoms with Crippen molar-refractivity contribution in [1.29, 1.82) is 0 Å². The molecule has 0 aliphatic heterocycles. The highest BCUT2D eigenvalue weighted by Gasteiger charge is 2.51. The summed E-state index contributed by atoms with van der Waals surface area (Å²) >= 11 is 0. The molecule has 2 aliphatic rings. The van der Waals surface area contributed by atoms with Crippen LogP contribution in [-0.4, -0.2) is 12.9 Å². The summed E-state index contributed by atoms with van der Waals surface area (Å²) < 4.78 is 5.40. The van der Waals surface area contributed by atoms with Gasteiger partial charge in [0.2, 0.25) is 0 Å². The average molecular weight is 314 g/mol. The maximum absolute atomic E-state index is 12.5. The van der Waals surface area contributed by atoms with Crippen LogP contribution in [0.15, 0.2) is 18.2 Å². The molecule has 23 heavy (non-hydrogen) atoms. The number of rotatable bonds is 4. The molecule has 2 heteroatoms. The van der Waals surface area contributed by atoms with Gasteiger partial charge in [-0.25, -0.2) is 0 Å². The molecule has 0 N–H and O–H groups in total. The summed E-state index contributed by atoms with van der Waals surface area (Å²) in [6.07, 6.45) is 6.69. The first-order valence-corrected chi connectivity index (χ1v) is 9.25. The molecular formula is C21H30O2. The van der Waals surface area contributed by atoms with Crippen LogP contribution < -0.4 is 4.74 Å². The van der Waals surface area contributed by atoms with E-state index in [1.165, 1.54) is 17.5 Å². The van der Waals surface area contributed by atoms with E-state index >= 15 is 0 Å². The van der Waals surface area contributed by atoms with Crippen LogP contribution in [-0.2, 0) is 11.2 Å². The number of ether oxygens (including phenoxy) is 1. The van der Waals surface area contributed by atoms with Crippen LogP contribution in [0.4, 0.5) is 0 Å². The Hall–Kier alpha value is -1.31. The predicted octanol–water partition coefficient (Wildman–Crippen LogP) is 5.15. The van der Waals surface area contributed by atoms with E-state index in [0.717, 1.165) is 37.9 Å². The van der Waals surface area contributed by atoms with Gasteiger partial charge in [0.1, 0.15) is 11.5 Å². The van der Waals surface area contributed by atoms with Gasteiger partial charge in [0.05, 0.1) is 7.11 Å². The van der Waals surface area contributed by atoms with Crippen LogP contribution >= 0.6 is 0 Å². The van der Waals surface area contributed by atoms with Crippen molar-refractivity contribution >= 4 is 5.78 Å². The second-order valence-electron chi connectivity index (χ2n) is 7.49. The molecule has 0 amide bonds. The number of methoxy groups -OCH3 is 1. The summed E-state index contributed by atoms with van der Waals surface area (Å²) in [7, 11) is 1.74. The number of hydrogen-bond donors (Lipinski definition) is 0. The number of benzene rings is 1. The van der Waals surface area contributed by atoms with Gasteiger partial charge in [-0.1, -0.05) is 26.3 Å². The third-order valence-corrected chi connectivity index (χ3v) is 6.91. The monoisotopic (exact) mass is 314 g/mol. The minimum absolute atomic E-state index is 0.0696. The summed E-state index contributed by atoms with van der Waals surface area (Å²) in [6.45, 7) is 6.32. The Kier molecular flexibility index (Phi) is 4.53. The van der Waals surface area contributed by atoms with Crippen LogP contribution in [0.5, 0.6) is 5.75 Å². The number of Topliss-reactive ketones (excluding diaryl/α,β-unsaturated/α-hetero) is 1. The van der Waals surface area contributed by atoms with Crippen molar-refractivity contribution in [1.82, 2.24) is 0 Å². The molecule has 1 aromatic carbocycles. The van der Waals surface area contributed by atoms with E-state index in [1.807, 2.05) is 6.92 Å². The smallest absolute Gasteiger partial charge is 0.136 e. The molecular weight excluding hydrogens is 284 g/mol. The molecule has 4 atom stereocenters. The number of hydrogen-bond acceptors (Lipinski definition) is 2. The van der Waals surface area contributed by atoms with Gasteiger partial charge in [0, 0.05) is 5.41 Å². The molecule has 3 rings (SSSR count). The lowest BCUT2D eigenvalue weighted by atomic mass is 9.51. The van der Waals surface area contributed by atoms with Gasteiger partial charge in [-0.05, 0) is 80.0 Å². The predicted molar refractivity (Wildman–Crippen MR) is 94.0 cm³/mol. The van der Waals surface area contributed by atoms with E-state index in [1.54, 1.807) is 7.11 Å². The van der Waals surface area contributed by atoms with Crippen molar-refractivity contribution in [3.05, 3.63) is 29.3 Å². The second kappa shape index (κ2) is 6.30. The van der Waals surface area contributed by atoms with Gasteiger partial charge in [0.25, 0.3) is 0 Å². The SMILES string of the molecule is CCC1[C@@H]2CCc3cc(OC)ccc3[C@H]2CCC1(CC)C(C)=O. The molecule has 0 radical (unpaired) electrons. The van der Waals surface area contributed by atoms with Crippen molar-refractivity contribution in [3.8, 4) is 5.75 Å². The summed E-state index contributed by atoms with van der Waals surface area (Å²) in [6, 6.07) is 6.61. The van der Waals surface area contributed by atoms with Gasteiger partial charge >= 0.3 is 0 Å². The molecule has 2 aliphatic carbocycles. The fourth-order valence-corrected chi connectivity index (χ4v) is 5.72. The topological polar surface area (TPSA) is 26.3 Å². The van der Waals surface area contributed by atoms with Crippen molar-refractivity contribution in [2.24, 2.45) is 17.3 Å². The van der Waals surface area contributed by atoms with E-state index in [4.69, 9.17) is 4.74 Å². The van der Waals surface area contributed by atoms with E-state index in [9.17, 15) is 4.79 Å². The third-order valence-electron chi connectivity index (χ3n) is 6.91. The van der Waals surface area contributed by atoms with Crippen molar-refractivity contribution in [3.63, 3.8) is 0 Å². The van der Waals surface area contributed by atoms with E-state index < -0.39 is 0 Å². The maximum Gasteiger partial charge on any atom is 0.136 e. The van der Waals surface area contributed by atoms with Gasteiger partial charge < -0.3 is 4.74 Å². The zero-order valence-electron chi connectivity index (χ0n) is 15.0. The van der Waals surface area contributed by atoms with E-state index in [0.29, 0.717) is 23.5 Å². The lowest BCUT2D eigenvalue weighted by Crippen LogP contribution is -2.47. The quantitative estimate of drug-likeness (QED) is 0.768. The minimum atomic E-state index is -0.0696. The standard InChI is InChI=1S/C21H30O2/c1-5-20-19-9-7-15-13-16(23-4)8-10-17(15)18(19)11-12-21(20,6-2)14(3)22/h8,10,13,18-20H,5-7,9,11-12H2,1-4H3/t18-,19-,20?,21?/m1/s1. The minimum Gasteiger partial charge on any atom is -0.497 e. The molecule has 0 heterocycles. The van der Waals surface area contributed by atoms with Gasteiger partial charge in [0.15, 0.2) is 0 Å². The van der Waals surface area contributed by atoms with E-state index in [2.05, 4.69) is 32.0 Å². The Morgan fingerprint density at radius 3 is 2.70 bits per heavy atom. The maximum atomic E-state index is 12.5. The molecule has 2 nitrogen and oxygen atoms in total. The van der Waals surface area contributed by atoms with Gasteiger partial charge in [-0.3, -0.25) is 4.79 Å². The second-order valence-corrected chi connectivity index (χ2v) is 7.49. The number of aryl methyl sites for hydroxylation is 1. The molecule has 126 valence electrons.